The molecule has 160 valence electrons. The number of carbonyl (C=O) groups is 2. The van der Waals surface area contributed by atoms with Crippen LogP contribution in [0.3, 0.4) is 0 Å². The third kappa shape index (κ3) is 4.07. The quantitative estimate of drug-likeness (QED) is 0.673. The Morgan fingerprint density at radius 1 is 1.14 bits per heavy atom. The van der Waals surface area contributed by atoms with E-state index in [1.165, 1.54) is 6.42 Å². The number of fused-ring (bicyclic) bond motifs is 2. The monoisotopic (exact) mass is 403 g/mol. The smallest absolute Gasteiger partial charge is 0.306 e. The SMILES string of the molecule is COc1ccc(CCC(=O)OCC(=O)NC2CC3CCC2(C)C3(C)C)cc1OC. The molecule has 2 bridgehead atoms. The second kappa shape index (κ2) is 8.25. The molecule has 0 radical (unpaired) electrons. The topological polar surface area (TPSA) is 73.9 Å². The van der Waals surface area contributed by atoms with E-state index in [0.29, 0.717) is 23.8 Å². The molecule has 0 aromatic heterocycles. The zero-order valence-electron chi connectivity index (χ0n) is 18.2. The Hall–Kier alpha value is -2.24. The van der Waals surface area contributed by atoms with Crippen LogP contribution in [0.15, 0.2) is 18.2 Å². The third-order valence-electron chi connectivity index (χ3n) is 7.56. The van der Waals surface area contributed by atoms with Gasteiger partial charge in [-0.3, -0.25) is 9.59 Å². The molecule has 29 heavy (non-hydrogen) atoms. The van der Waals surface area contributed by atoms with Gasteiger partial charge in [0.05, 0.1) is 14.2 Å². The minimum atomic E-state index is -0.380. The number of benzene rings is 1. The standard InChI is InChI=1S/C23H33NO5/c1-22(2)16-10-11-23(22,3)19(13-16)24-20(25)14-29-21(26)9-7-15-6-8-17(27-4)18(12-15)28-5/h6,8,12,16,19H,7,9-11,13-14H2,1-5H3,(H,24,25). The number of hydrogen-bond donors (Lipinski definition) is 1. The van der Waals surface area contributed by atoms with E-state index in [1.807, 2.05) is 18.2 Å². The van der Waals surface area contributed by atoms with Gasteiger partial charge in [-0.25, -0.2) is 0 Å². The Kier molecular flexibility index (Phi) is 6.11. The van der Waals surface area contributed by atoms with Gasteiger partial charge in [0.1, 0.15) is 0 Å². The Morgan fingerprint density at radius 3 is 2.45 bits per heavy atom. The minimum absolute atomic E-state index is 0.116. The molecule has 2 saturated carbocycles. The van der Waals surface area contributed by atoms with E-state index in [-0.39, 0.29) is 41.8 Å². The largest absolute Gasteiger partial charge is 0.493 e. The van der Waals surface area contributed by atoms with Crippen LogP contribution in [0, 0.1) is 16.7 Å². The molecule has 6 heteroatoms. The molecule has 3 unspecified atom stereocenters. The lowest BCUT2D eigenvalue weighted by Gasteiger charge is -2.39. The number of aryl methyl sites for hydroxylation is 1. The highest BCUT2D eigenvalue weighted by Crippen LogP contribution is 2.65. The van der Waals surface area contributed by atoms with Crippen molar-refractivity contribution in [2.24, 2.45) is 16.7 Å². The fraction of sp³-hybridized carbons (Fsp3) is 0.652. The van der Waals surface area contributed by atoms with Gasteiger partial charge >= 0.3 is 5.97 Å². The maximum atomic E-state index is 12.3. The summed E-state index contributed by atoms with van der Waals surface area (Å²) in [5.41, 5.74) is 1.30. The molecule has 6 nitrogen and oxygen atoms in total. The highest BCUT2D eigenvalue weighted by molar-refractivity contribution is 5.81. The number of ether oxygens (including phenoxy) is 3. The lowest BCUT2D eigenvalue weighted by atomic mass is 9.69. The molecule has 3 atom stereocenters. The number of nitrogens with one attached hydrogen (secondary N) is 1. The fourth-order valence-electron chi connectivity index (χ4n) is 5.16. The summed E-state index contributed by atoms with van der Waals surface area (Å²) < 4.78 is 15.7. The minimum Gasteiger partial charge on any atom is -0.493 e. The van der Waals surface area contributed by atoms with Gasteiger partial charge in [-0.15, -0.1) is 0 Å². The Morgan fingerprint density at radius 2 is 1.86 bits per heavy atom. The summed E-state index contributed by atoms with van der Waals surface area (Å²) in [4.78, 5) is 24.4. The van der Waals surface area contributed by atoms with Crippen molar-refractivity contribution in [3.8, 4) is 11.5 Å². The van der Waals surface area contributed by atoms with E-state index in [1.54, 1.807) is 14.2 Å². The molecule has 2 aliphatic carbocycles. The van der Waals surface area contributed by atoms with Crippen LogP contribution >= 0.6 is 0 Å². The molecule has 3 rings (SSSR count). The summed E-state index contributed by atoms with van der Waals surface area (Å²) in [7, 11) is 3.16. The summed E-state index contributed by atoms with van der Waals surface area (Å²) in [5, 5.41) is 3.12. The first-order chi connectivity index (χ1) is 13.7. The highest BCUT2D eigenvalue weighted by Gasteiger charge is 2.61. The molecule has 0 aliphatic heterocycles. The van der Waals surface area contributed by atoms with Crippen LogP contribution in [-0.2, 0) is 20.7 Å². The van der Waals surface area contributed by atoms with Crippen LogP contribution in [0.5, 0.6) is 11.5 Å². The Labute approximate surface area is 173 Å². The van der Waals surface area contributed by atoms with E-state index < -0.39 is 0 Å². The lowest BCUT2D eigenvalue weighted by molar-refractivity contribution is -0.149. The third-order valence-corrected chi connectivity index (χ3v) is 7.56. The van der Waals surface area contributed by atoms with Crippen LogP contribution in [0.4, 0.5) is 0 Å². The zero-order valence-corrected chi connectivity index (χ0v) is 18.2. The van der Waals surface area contributed by atoms with Gasteiger partial charge in [0.2, 0.25) is 0 Å². The van der Waals surface area contributed by atoms with Gasteiger partial charge in [-0.1, -0.05) is 26.8 Å². The zero-order chi connectivity index (χ0) is 21.2. The molecule has 1 amide bonds. The van der Waals surface area contributed by atoms with Gasteiger partial charge in [-0.2, -0.15) is 0 Å². The van der Waals surface area contributed by atoms with Gasteiger partial charge in [0.25, 0.3) is 5.91 Å². The van der Waals surface area contributed by atoms with Crippen LogP contribution in [0.25, 0.3) is 0 Å². The Bertz CT molecular complexity index is 775. The molecule has 0 spiro atoms. The van der Waals surface area contributed by atoms with Gasteiger partial charge in [0.15, 0.2) is 18.1 Å². The van der Waals surface area contributed by atoms with Gasteiger partial charge in [-0.05, 0) is 60.1 Å². The first kappa shape index (κ1) is 21.5. The number of carbonyl (C=O) groups excluding carboxylic acids is 2. The van der Waals surface area contributed by atoms with Crippen molar-refractivity contribution in [1.82, 2.24) is 5.32 Å². The van der Waals surface area contributed by atoms with Gasteiger partial charge in [0, 0.05) is 12.5 Å². The lowest BCUT2D eigenvalue weighted by Crippen LogP contribution is -2.48. The van der Waals surface area contributed by atoms with Gasteiger partial charge < -0.3 is 19.5 Å². The molecule has 1 N–H and O–H groups in total. The van der Waals surface area contributed by atoms with Crippen molar-refractivity contribution in [2.75, 3.05) is 20.8 Å². The summed E-state index contributed by atoms with van der Waals surface area (Å²) in [5.74, 6) is 1.34. The summed E-state index contributed by atoms with van der Waals surface area (Å²) >= 11 is 0. The van der Waals surface area contributed by atoms with Crippen LogP contribution in [-0.4, -0.2) is 38.7 Å². The summed E-state index contributed by atoms with van der Waals surface area (Å²) in [6, 6.07) is 5.70. The van der Waals surface area contributed by atoms with Crippen molar-refractivity contribution in [3.05, 3.63) is 23.8 Å². The number of esters is 1. The predicted octanol–water partition coefficient (Wildman–Crippen LogP) is 3.51. The molecule has 2 aliphatic rings. The van der Waals surface area contributed by atoms with E-state index in [0.717, 1.165) is 18.4 Å². The van der Waals surface area contributed by atoms with E-state index in [2.05, 4.69) is 26.1 Å². The second-order valence-electron chi connectivity index (χ2n) is 9.08. The molecule has 1 aromatic rings. The number of hydrogen-bond acceptors (Lipinski definition) is 5. The van der Waals surface area contributed by atoms with E-state index in [4.69, 9.17) is 14.2 Å². The van der Waals surface area contributed by atoms with Crippen molar-refractivity contribution in [2.45, 2.75) is 58.9 Å². The van der Waals surface area contributed by atoms with Crippen LogP contribution < -0.4 is 14.8 Å². The second-order valence-corrected chi connectivity index (χ2v) is 9.08. The molecule has 1 aromatic carbocycles. The number of rotatable bonds is 8. The average molecular weight is 404 g/mol. The fourth-order valence-corrected chi connectivity index (χ4v) is 5.16. The van der Waals surface area contributed by atoms with Crippen molar-refractivity contribution in [3.63, 3.8) is 0 Å². The van der Waals surface area contributed by atoms with E-state index in [9.17, 15) is 9.59 Å². The molecule has 0 heterocycles. The highest BCUT2D eigenvalue weighted by atomic mass is 16.5. The van der Waals surface area contributed by atoms with Crippen molar-refractivity contribution in [1.29, 1.82) is 0 Å². The molecular formula is C23H33NO5. The number of methoxy groups -OCH3 is 2. The first-order valence-electron chi connectivity index (χ1n) is 10.4. The van der Waals surface area contributed by atoms with Crippen molar-refractivity contribution >= 4 is 11.9 Å². The van der Waals surface area contributed by atoms with Crippen LogP contribution in [0.1, 0.15) is 52.0 Å². The van der Waals surface area contributed by atoms with E-state index >= 15 is 0 Å². The predicted molar refractivity (Wildman–Crippen MR) is 110 cm³/mol. The summed E-state index contributed by atoms with van der Waals surface area (Å²) in [6.07, 6.45) is 4.11. The Balaban J connectivity index is 1.44. The molecular weight excluding hydrogens is 370 g/mol. The maximum absolute atomic E-state index is 12.3. The number of amides is 1. The first-order valence-corrected chi connectivity index (χ1v) is 10.4. The normalized spacial score (nSPS) is 26.8. The average Bonchev–Trinajstić information content (AvgIpc) is 3.04. The van der Waals surface area contributed by atoms with Crippen molar-refractivity contribution < 1.29 is 23.8 Å². The van der Waals surface area contributed by atoms with Crippen LogP contribution in [0.2, 0.25) is 0 Å². The molecule has 2 fully saturated rings. The molecule has 0 saturated heterocycles. The maximum Gasteiger partial charge on any atom is 0.306 e. The summed E-state index contributed by atoms with van der Waals surface area (Å²) in [6.45, 7) is 6.68.